The second-order valence-electron chi connectivity index (χ2n) is 7.73. The molecule has 0 N–H and O–H groups in total. The van der Waals surface area contributed by atoms with Crippen LogP contribution in [0.25, 0.3) is 11.2 Å². The van der Waals surface area contributed by atoms with Crippen LogP contribution in [-0.2, 0) is 19.4 Å². The Kier molecular flexibility index (Phi) is 4.01. The van der Waals surface area contributed by atoms with E-state index in [-0.39, 0.29) is 0 Å². The van der Waals surface area contributed by atoms with E-state index in [1.54, 1.807) is 0 Å². The van der Waals surface area contributed by atoms with Gasteiger partial charge in [-0.1, -0.05) is 36.8 Å². The molecule has 0 radical (unpaired) electrons. The lowest BCUT2D eigenvalue weighted by molar-refractivity contribution is 0.138. The highest BCUT2D eigenvalue weighted by atomic mass is 15.2. The molecule has 2 aliphatic heterocycles. The van der Waals surface area contributed by atoms with E-state index in [1.165, 1.54) is 49.2 Å². The highest BCUT2D eigenvalue weighted by Crippen LogP contribution is 2.41. The van der Waals surface area contributed by atoms with Crippen LogP contribution in [0, 0.1) is 6.92 Å². The molecule has 2 aliphatic rings. The van der Waals surface area contributed by atoms with Gasteiger partial charge in [0.15, 0.2) is 5.65 Å². The molecule has 4 heterocycles. The van der Waals surface area contributed by atoms with E-state index in [0.717, 1.165) is 36.2 Å². The fourth-order valence-corrected chi connectivity index (χ4v) is 4.84. The van der Waals surface area contributed by atoms with Gasteiger partial charge in [0, 0.05) is 36.8 Å². The van der Waals surface area contributed by atoms with E-state index in [9.17, 15) is 0 Å². The van der Waals surface area contributed by atoms with E-state index in [2.05, 4.69) is 46.7 Å². The molecule has 134 valence electrons. The third kappa shape index (κ3) is 2.64. The summed E-state index contributed by atoms with van der Waals surface area (Å²) in [6.07, 6.45) is 8.02. The van der Waals surface area contributed by atoms with E-state index in [4.69, 9.17) is 9.97 Å². The van der Waals surface area contributed by atoms with Crippen molar-refractivity contribution in [3.63, 3.8) is 0 Å². The van der Waals surface area contributed by atoms with Gasteiger partial charge in [-0.3, -0.25) is 4.90 Å². The predicted octanol–water partition coefficient (Wildman–Crippen LogP) is 4.07. The largest absolute Gasteiger partial charge is 0.328 e. The number of piperidine rings is 1. The first-order chi connectivity index (χ1) is 12.8. The van der Waals surface area contributed by atoms with Crippen LogP contribution in [0.1, 0.15) is 47.8 Å². The van der Waals surface area contributed by atoms with Gasteiger partial charge in [0.25, 0.3) is 0 Å². The van der Waals surface area contributed by atoms with Crippen LogP contribution >= 0.6 is 0 Å². The summed E-state index contributed by atoms with van der Waals surface area (Å²) in [7, 11) is 0. The second kappa shape index (κ2) is 6.51. The summed E-state index contributed by atoms with van der Waals surface area (Å²) in [5.74, 6) is 0. The average Bonchev–Trinajstić information content (AvgIpc) is 3.00. The van der Waals surface area contributed by atoms with Gasteiger partial charge in [-0.25, -0.2) is 9.97 Å². The van der Waals surface area contributed by atoms with Crippen molar-refractivity contribution in [2.75, 3.05) is 13.1 Å². The fraction of sp³-hybridized carbons (Fsp3) is 0.455. The number of rotatable bonds is 3. The highest BCUT2D eigenvalue weighted by Gasteiger charge is 2.34. The normalized spacial score (nSPS) is 20.1. The summed E-state index contributed by atoms with van der Waals surface area (Å²) in [4.78, 5) is 12.4. The minimum absolute atomic E-state index is 0.545. The van der Waals surface area contributed by atoms with Gasteiger partial charge < -0.3 is 4.57 Å². The third-order valence-corrected chi connectivity index (χ3v) is 6.07. The predicted molar refractivity (Wildman–Crippen MR) is 104 cm³/mol. The van der Waals surface area contributed by atoms with Crippen molar-refractivity contribution in [1.29, 1.82) is 0 Å². The van der Waals surface area contributed by atoms with Crippen molar-refractivity contribution >= 4 is 11.2 Å². The molecule has 0 bridgehead atoms. The molecular weight excluding hydrogens is 320 g/mol. The standard InChI is InChI=1S/C22H26N4/c1-16-15-23-22-21(24-16)20-18-9-5-6-12-25(18)13-11-19(20)26(22)14-10-17-7-3-2-4-8-17/h2-4,7-8,15,18H,5-6,9-14H2,1H3. The molecule has 1 aromatic carbocycles. The highest BCUT2D eigenvalue weighted by molar-refractivity contribution is 5.79. The summed E-state index contributed by atoms with van der Waals surface area (Å²) in [6.45, 7) is 5.46. The van der Waals surface area contributed by atoms with Gasteiger partial charge in [-0.15, -0.1) is 0 Å². The summed E-state index contributed by atoms with van der Waals surface area (Å²) >= 11 is 0. The molecule has 5 rings (SSSR count). The quantitative estimate of drug-likeness (QED) is 0.717. The van der Waals surface area contributed by atoms with Crippen LogP contribution in [0.15, 0.2) is 36.5 Å². The Morgan fingerprint density at radius 2 is 2.00 bits per heavy atom. The molecule has 1 unspecified atom stereocenters. The molecule has 0 spiro atoms. The van der Waals surface area contributed by atoms with Crippen molar-refractivity contribution in [1.82, 2.24) is 19.4 Å². The Hall–Kier alpha value is -2.20. The Balaban J connectivity index is 1.60. The SMILES string of the molecule is Cc1cnc2c(n1)c1c(n2CCc2ccccc2)CCN2CCCCC12. The first kappa shape index (κ1) is 16.0. The number of benzene rings is 1. The van der Waals surface area contributed by atoms with E-state index in [0.29, 0.717) is 6.04 Å². The first-order valence-electron chi connectivity index (χ1n) is 9.94. The zero-order valence-electron chi connectivity index (χ0n) is 15.5. The van der Waals surface area contributed by atoms with E-state index in [1.807, 2.05) is 6.20 Å². The lowest BCUT2D eigenvalue weighted by Crippen LogP contribution is -2.39. The minimum atomic E-state index is 0.545. The Morgan fingerprint density at radius 3 is 2.88 bits per heavy atom. The van der Waals surface area contributed by atoms with Gasteiger partial charge in [0.1, 0.15) is 5.52 Å². The topological polar surface area (TPSA) is 34.0 Å². The molecule has 0 aliphatic carbocycles. The fourth-order valence-electron chi connectivity index (χ4n) is 4.84. The van der Waals surface area contributed by atoms with Gasteiger partial charge in [-0.05, 0) is 38.3 Å². The number of hydrogen-bond acceptors (Lipinski definition) is 3. The van der Waals surface area contributed by atoms with Crippen LogP contribution in [-0.4, -0.2) is 32.5 Å². The lowest BCUT2D eigenvalue weighted by Gasteiger charge is -2.39. The zero-order chi connectivity index (χ0) is 17.5. The summed E-state index contributed by atoms with van der Waals surface area (Å²) in [5, 5.41) is 0. The van der Waals surface area contributed by atoms with Crippen molar-refractivity contribution in [3.05, 3.63) is 59.0 Å². The van der Waals surface area contributed by atoms with Gasteiger partial charge in [-0.2, -0.15) is 0 Å². The van der Waals surface area contributed by atoms with E-state index < -0.39 is 0 Å². The summed E-state index contributed by atoms with van der Waals surface area (Å²) in [5.41, 5.74) is 7.63. The zero-order valence-corrected chi connectivity index (χ0v) is 15.5. The maximum atomic E-state index is 4.95. The number of nitrogens with zero attached hydrogens (tertiary/aromatic N) is 4. The first-order valence-corrected chi connectivity index (χ1v) is 9.94. The molecule has 4 nitrogen and oxygen atoms in total. The van der Waals surface area contributed by atoms with Crippen molar-refractivity contribution < 1.29 is 0 Å². The summed E-state index contributed by atoms with van der Waals surface area (Å²) in [6, 6.07) is 11.3. The number of hydrogen-bond donors (Lipinski definition) is 0. The molecule has 2 aromatic heterocycles. The monoisotopic (exact) mass is 346 g/mol. The summed E-state index contributed by atoms with van der Waals surface area (Å²) < 4.78 is 2.47. The van der Waals surface area contributed by atoms with Crippen molar-refractivity contribution in [2.24, 2.45) is 0 Å². The van der Waals surface area contributed by atoms with E-state index >= 15 is 0 Å². The average molecular weight is 346 g/mol. The van der Waals surface area contributed by atoms with Crippen molar-refractivity contribution in [3.8, 4) is 0 Å². The second-order valence-corrected chi connectivity index (χ2v) is 7.73. The Morgan fingerprint density at radius 1 is 1.12 bits per heavy atom. The molecule has 0 amide bonds. The maximum absolute atomic E-state index is 4.95. The molecule has 4 heteroatoms. The molecule has 1 atom stereocenters. The maximum Gasteiger partial charge on any atom is 0.159 e. The smallest absolute Gasteiger partial charge is 0.159 e. The molecule has 3 aromatic rings. The lowest BCUT2D eigenvalue weighted by atomic mass is 9.90. The van der Waals surface area contributed by atoms with Crippen LogP contribution in [0.4, 0.5) is 0 Å². The van der Waals surface area contributed by atoms with Gasteiger partial charge >= 0.3 is 0 Å². The molecule has 1 saturated heterocycles. The molecular formula is C22H26N4. The third-order valence-electron chi connectivity index (χ3n) is 6.07. The van der Waals surface area contributed by atoms with Gasteiger partial charge in [0.2, 0.25) is 0 Å². The number of fused-ring (bicyclic) bond motifs is 5. The minimum Gasteiger partial charge on any atom is -0.328 e. The van der Waals surface area contributed by atoms with Gasteiger partial charge in [0.05, 0.1) is 11.9 Å². The molecule has 26 heavy (non-hydrogen) atoms. The van der Waals surface area contributed by atoms with Crippen LogP contribution in [0.3, 0.4) is 0 Å². The number of aryl methyl sites for hydroxylation is 3. The van der Waals surface area contributed by atoms with Crippen LogP contribution in [0.5, 0.6) is 0 Å². The Labute approximate surface area is 154 Å². The molecule has 0 saturated carbocycles. The van der Waals surface area contributed by atoms with Crippen LogP contribution in [0.2, 0.25) is 0 Å². The van der Waals surface area contributed by atoms with Crippen LogP contribution < -0.4 is 0 Å². The molecule has 1 fully saturated rings. The number of aromatic nitrogens is 3. The van der Waals surface area contributed by atoms with Crippen molar-refractivity contribution in [2.45, 2.75) is 51.6 Å². The Bertz CT molecular complexity index is 928.